The summed E-state index contributed by atoms with van der Waals surface area (Å²) in [5, 5.41) is 0. The van der Waals surface area contributed by atoms with Crippen molar-refractivity contribution in [2.45, 2.75) is 66.2 Å². The predicted molar refractivity (Wildman–Crippen MR) is 199 cm³/mol. The zero-order valence-corrected chi connectivity index (χ0v) is 29.0. The van der Waals surface area contributed by atoms with Gasteiger partial charge in [0, 0.05) is 33.2 Å². The number of nitrogens with one attached hydrogen (secondary N) is 2. The lowest BCUT2D eigenvalue weighted by Crippen LogP contribution is -2.11. The van der Waals surface area contributed by atoms with Gasteiger partial charge in [-0.15, -0.1) is 0 Å². The van der Waals surface area contributed by atoms with Crippen LogP contribution in [0.5, 0.6) is 0 Å². The van der Waals surface area contributed by atoms with Crippen LogP contribution in [0.4, 0.5) is 0 Å². The van der Waals surface area contributed by atoms with E-state index in [1.807, 2.05) is 12.1 Å². The van der Waals surface area contributed by atoms with E-state index in [0.717, 1.165) is 72.5 Å². The number of aryl methyl sites for hydroxylation is 2. The smallest absolute Gasteiger partial charge is 0.204 e. The van der Waals surface area contributed by atoms with Gasteiger partial charge in [0.25, 0.3) is 0 Å². The second-order valence-corrected chi connectivity index (χ2v) is 15.0. The standard InChI is InChI=1S/C43H42N4O/c1-25-30-21-29-19-20-37(48)32(44-29)22-31-26(2)41(43(6,7)8)36(46-31)24-34-39(28-17-13-10-14-18-28)38(27-15-11-9-12-16-27)33(47-34)23-35(45-30)40(25)42(3,4)5/h9-24,45-46H,1-8H3. The van der Waals surface area contributed by atoms with Gasteiger partial charge in [-0.25, -0.2) is 9.97 Å². The van der Waals surface area contributed by atoms with Gasteiger partial charge in [0.05, 0.1) is 17.1 Å². The van der Waals surface area contributed by atoms with E-state index >= 15 is 0 Å². The van der Waals surface area contributed by atoms with Crippen LogP contribution in [-0.4, -0.2) is 25.7 Å². The number of nitrogens with zero attached hydrogens (tertiary/aromatic N) is 2. The van der Waals surface area contributed by atoms with Crippen LogP contribution in [0, 0.1) is 13.8 Å². The Balaban J connectivity index is 1.74. The minimum Gasteiger partial charge on any atom is -0.355 e. The lowest BCUT2D eigenvalue weighted by molar-refractivity contribution is 0.104. The van der Waals surface area contributed by atoms with Crippen LogP contribution in [0.3, 0.4) is 0 Å². The highest BCUT2D eigenvalue weighted by Crippen LogP contribution is 2.42. The second kappa shape index (κ2) is 11.4. The predicted octanol–water partition coefficient (Wildman–Crippen LogP) is 10.4. The van der Waals surface area contributed by atoms with Crippen molar-refractivity contribution in [3.8, 4) is 0 Å². The average Bonchev–Trinajstić information content (AvgIpc) is 3.65. The summed E-state index contributed by atoms with van der Waals surface area (Å²) in [5.41, 5.74) is 15.4. The van der Waals surface area contributed by atoms with Crippen LogP contribution in [-0.2, 0) is 10.8 Å². The van der Waals surface area contributed by atoms with Crippen LogP contribution < -0.4 is 0 Å². The number of ketones is 1. The number of carbonyl (C=O) groups is 1. The number of rotatable bonds is 2. The normalized spacial score (nSPS) is 13.7. The lowest BCUT2D eigenvalue weighted by atomic mass is 9.84. The van der Waals surface area contributed by atoms with E-state index in [9.17, 15) is 4.79 Å². The van der Waals surface area contributed by atoms with E-state index in [2.05, 4.69) is 138 Å². The number of allylic oxidation sites excluding steroid dienone is 1. The Kier molecular flexibility index (Phi) is 7.47. The number of hydrogen-bond donors (Lipinski definition) is 2. The molecule has 2 aliphatic rings. The summed E-state index contributed by atoms with van der Waals surface area (Å²) < 4.78 is 0. The molecule has 0 spiro atoms. The van der Waals surface area contributed by atoms with E-state index in [1.165, 1.54) is 11.1 Å². The maximum atomic E-state index is 13.2. The van der Waals surface area contributed by atoms with Crippen molar-refractivity contribution >= 4 is 45.1 Å². The maximum absolute atomic E-state index is 13.2. The number of fused-ring (bicyclic) bond motifs is 8. The zero-order valence-electron chi connectivity index (χ0n) is 29.0. The van der Waals surface area contributed by atoms with Gasteiger partial charge in [-0.1, -0.05) is 102 Å². The molecule has 5 heterocycles. The van der Waals surface area contributed by atoms with Gasteiger partial charge in [-0.2, -0.15) is 0 Å². The Hall–Kier alpha value is -5.29. The molecule has 0 fully saturated rings. The fourth-order valence-corrected chi connectivity index (χ4v) is 7.43. The summed E-state index contributed by atoms with van der Waals surface area (Å²) in [6, 6.07) is 29.5. The minimum atomic E-state index is -0.180. The number of aromatic amines is 2. The molecule has 2 aliphatic heterocycles. The Labute approximate surface area is 282 Å². The van der Waals surface area contributed by atoms with Gasteiger partial charge in [0.2, 0.25) is 5.78 Å². The molecule has 48 heavy (non-hydrogen) atoms. The first-order valence-corrected chi connectivity index (χ1v) is 16.6. The molecule has 5 nitrogen and oxygen atoms in total. The molecule has 2 aromatic carbocycles. The highest BCUT2D eigenvalue weighted by Gasteiger charge is 2.27. The first kappa shape index (κ1) is 31.3. The topological polar surface area (TPSA) is 74.4 Å². The largest absolute Gasteiger partial charge is 0.355 e. The molecule has 2 N–H and O–H groups in total. The van der Waals surface area contributed by atoms with Gasteiger partial charge in [0.1, 0.15) is 5.69 Å². The SMILES string of the molecule is Cc1c(C(C)(C)C)c2cc3nc(cc4[nH]c(cc5nc(cc1[nH]2)C=CC5=O)c(C)c4C(C)(C)C)C(c1ccccc1)=C3c1ccccc1. The summed E-state index contributed by atoms with van der Waals surface area (Å²) in [6.07, 6.45) is 3.42. The van der Waals surface area contributed by atoms with Gasteiger partial charge in [-0.3, -0.25) is 4.79 Å². The molecule has 240 valence electrons. The van der Waals surface area contributed by atoms with Crippen LogP contribution in [0.15, 0.2) is 91.0 Å². The molecule has 0 saturated heterocycles. The highest BCUT2D eigenvalue weighted by molar-refractivity contribution is 6.08. The molecule has 0 radical (unpaired) electrons. The third-order valence-electron chi connectivity index (χ3n) is 9.31. The van der Waals surface area contributed by atoms with Crippen molar-refractivity contribution in [1.29, 1.82) is 0 Å². The molecule has 0 saturated carbocycles. The molecule has 5 heteroatoms. The van der Waals surface area contributed by atoms with E-state index in [4.69, 9.17) is 9.97 Å². The van der Waals surface area contributed by atoms with Gasteiger partial charge in [0.15, 0.2) is 0 Å². The van der Waals surface area contributed by atoms with Crippen molar-refractivity contribution in [2.75, 3.05) is 0 Å². The quantitative estimate of drug-likeness (QED) is 0.200. The van der Waals surface area contributed by atoms with Gasteiger partial charge in [-0.05, 0) is 94.5 Å². The summed E-state index contributed by atoms with van der Waals surface area (Å²) in [6.45, 7) is 17.7. The van der Waals surface area contributed by atoms with Crippen molar-refractivity contribution in [2.24, 2.45) is 0 Å². The van der Waals surface area contributed by atoms with E-state index < -0.39 is 0 Å². The third kappa shape index (κ3) is 5.53. The van der Waals surface area contributed by atoms with Crippen LogP contribution in [0.25, 0.3) is 39.3 Å². The lowest BCUT2D eigenvalue weighted by Gasteiger charge is -2.19. The Morgan fingerprint density at radius 1 is 0.521 bits per heavy atom. The second-order valence-electron chi connectivity index (χ2n) is 15.0. The number of H-pyrrole nitrogens is 2. The van der Waals surface area contributed by atoms with E-state index in [1.54, 1.807) is 12.2 Å². The number of hydrogen-bond acceptors (Lipinski definition) is 3. The van der Waals surface area contributed by atoms with Crippen LogP contribution in [0.1, 0.15) is 102 Å². The fraction of sp³-hybridized carbons (Fsp3) is 0.233. The molecule has 0 amide bonds. The van der Waals surface area contributed by atoms with E-state index in [-0.39, 0.29) is 16.6 Å². The zero-order chi connectivity index (χ0) is 34.0. The van der Waals surface area contributed by atoms with Crippen LogP contribution in [0.2, 0.25) is 0 Å². The molecule has 5 aromatic rings. The molecule has 3 aromatic heterocycles. The monoisotopic (exact) mass is 630 g/mol. The summed E-state index contributed by atoms with van der Waals surface area (Å²) in [4.78, 5) is 30.9. The molecular formula is C43H42N4O. The van der Waals surface area contributed by atoms with Gasteiger partial charge >= 0.3 is 0 Å². The Morgan fingerprint density at radius 2 is 0.958 bits per heavy atom. The van der Waals surface area contributed by atoms with E-state index in [0.29, 0.717) is 5.69 Å². The minimum absolute atomic E-state index is 0.112. The Bertz CT molecular complexity index is 2280. The summed E-state index contributed by atoms with van der Waals surface area (Å²) >= 11 is 0. The Morgan fingerprint density at radius 3 is 1.42 bits per heavy atom. The van der Waals surface area contributed by atoms with Crippen molar-refractivity contribution in [1.82, 2.24) is 19.9 Å². The van der Waals surface area contributed by atoms with Crippen molar-refractivity contribution < 1.29 is 4.79 Å². The molecule has 0 aliphatic carbocycles. The summed E-state index contributed by atoms with van der Waals surface area (Å²) in [5.74, 6) is -0.112. The van der Waals surface area contributed by atoms with Gasteiger partial charge < -0.3 is 9.97 Å². The molecule has 0 unspecified atom stereocenters. The highest BCUT2D eigenvalue weighted by atomic mass is 16.1. The molecule has 0 atom stereocenters. The third-order valence-corrected chi connectivity index (χ3v) is 9.31. The van der Waals surface area contributed by atoms with Crippen molar-refractivity contribution in [3.63, 3.8) is 0 Å². The number of aromatic nitrogens is 4. The fourth-order valence-electron chi connectivity index (χ4n) is 7.43. The first-order valence-electron chi connectivity index (χ1n) is 16.6. The molecule has 8 bridgehead atoms. The maximum Gasteiger partial charge on any atom is 0.204 e. The molecule has 7 rings (SSSR count). The number of carbonyl (C=O) groups excluding carboxylic acids is 1. The summed E-state index contributed by atoms with van der Waals surface area (Å²) in [7, 11) is 0. The first-order chi connectivity index (χ1) is 22.8. The van der Waals surface area contributed by atoms with Crippen LogP contribution >= 0.6 is 0 Å². The molecular weight excluding hydrogens is 589 g/mol. The number of benzene rings is 2. The average molecular weight is 631 g/mol. The van der Waals surface area contributed by atoms with Crippen molar-refractivity contribution in [3.05, 3.63) is 147 Å².